The van der Waals surface area contributed by atoms with E-state index in [1.165, 1.54) is 21.5 Å². The number of aromatic nitrogens is 2. The standard InChI is InChI=1S/C26H18N2O/c29-15-16-9-10-21-22-11-12-27-26(25(22)28-23(21)13-16)24-19-7-3-1-5-17(19)14-18-6-2-4-8-20(18)24/h1-14,28-29H,15H2. The highest BCUT2D eigenvalue weighted by molar-refractivity contribution is 6.18. The number of aromatic amines is 1. The van der Waals surface area contributed by atoms with Crippen LogP contribution in [0.3, 0.4) is 0 Å². The monoisotopic (exact) mass is 374 g/mol. The first kappa shape index (κ1) is 16.3. The number of hydrogen-bond donors (Lipinski definition) is 2. The zero-order valence-electron chi connectivity index (χ0n) is 15.7. The Bertz CT molecular complexity index is 1490. The van der Waals surface area contributed by atoms with Crippen molar-refractivity contribution >= 4 is 43.4 Å². The number of nitrogens with zero attached hydrogens (tertiary/aromatic N) is 1. The third kappa shape index (κ3) is 2.38. The molecule has 6 rings (SSSR count). The van der Waals surface area contributed by atoms with Crippen LogP contribution >= 0.6 is 0 Å². The lowest BCUT2D eigenvalue weighted by Gasteiger charge is -2.12. The van der Waals surface area contributed by atoms with Gasteiger partial charge in [-0.1, -0.05) is 60.7 Å². The Labute approximate surface area is 167 Å². The summed E-state index contributed by atoms with van der Waals surface area (Å²) in [6.07, 6.45) is 1.89. The fourth-order valence-corrected chi connectivity index (χ4v) is 4.43. The first-order valence-corrected chi connectivity index (χ1v) is 9.74. The molecular formula is C26H18N2O. The number of aliphatic hydroxyl groups is 1. The predicted molar refractivity (Wildman–Crippen MR) is 120 cm³/mol. The number of pyridine rings is 1. The fourth-order valence-electron chi connectivity index (χ4n) is 4.43. The molecule has 3 heteroatoms. The zero-order chi connectivity index (χ0) is 19.4. The lowest BCUT2D eigenvalue weighted by Crippen LogP contribution is -1.90. The highest BCUT2D eigenvalue weighted by Crippen LogP contribution is 2.39. The van der Waals surface area contributed by atoms with Gasteiger partial charge in [0.1, 0.15) is 0 Å². The molecular weight excluding hydrogens is 356 g/mol. The number of H-pyrrole nitrogens is 1. The van der Waals surface area contributed by atoms with Gasteiger partial charge in [-0.05, 0) is 45.3 Å². The molecule has 0 unspecified atom stereocenters. The summed E-state index contributed by atoms with van der Waals surface area (Å²) in [5.41, 5.74) is 5.05. The lowest BCUT2D eigenvalue weighted by molar-refractivity contribution is 0.282. The van der Waals surface area contributed by atoms with Crippen molar-refractivity contribution in [3.63, 3.8) is 0 Å². The molecule has 2 N–H and O–H groups in total. The topological polar surface area (TPSA) is 48.9 Å². The second-order valence-electron chi connectivity index (χ2n) is 7.44. The van der Waals surface area contributed by atoms with Gasteiger partial charge in [0.25, 0.3) is 0 Å². The summed E-state index contributed by atoms with van der Waals surface area (Å²) in [7, 11) is 0. The Balaban J connectivity index is 1.79. The van der Waals surface area contributed by atoms with Gasteiger partial charge < -0.3 is 10.1 Å². The van der Waals surface area contributed by atoms with Gasteiger partial charge in [-0.3, -0.25) is 4.98 Å². The molecule has 0 aliphatic rings. The molecule has 2 aromatic heterocycles. The molecule has 0 radical (unpaired) electrons. The van der Waals surface area contributed by atoms with Gasteiger partial charge >= 0.3 is 0 Å². The zero-order valence-corrected chi connectivity index (χ0v) is 15.7. The van der Waals surface area contributed by atoms with E-state index in [9.17, 15) is 5.11 Å². The van der Waals surface area contributed by atoms with Crippen LogP contribution in [0.5, 0.6) is 0 Å². The molecule has 0 atom stereocenters. The van der Waals surface area contributed by atoms with Gasteiger partial charge in [0.05, 0.1) is 17.8 Å². The smallest absolute Gasteiger partial charge is 0.0955 e. The van der Waals surface area contributed by atoms with Crippen LogP contribution in [0.2, 0.25) is 0 Å². The number of benzene rings is 4. The van der Waals surface area contributed by atoms with E-state index in [1.807, 2.05) is 18.3 Å². The SMILES string of the molecule is OCc1ccc2c(c1)[nH]c1c(-c3c4ccccc4cc4ccccc34)nccc12. The van der Waals surface area contributed by atoms with Gasteiger partial charge in [-0.15, -0.1) is 0 Å². The average molecular weight is 374 g/mol. The van der Waals surface area contributed by atoms with Crippen molar-refractivity contribution in [1.29, 1.82) is 0 Å². The van der Waals surface area contributed by atoms with E-state index in [0.717, 1.165) is 38.6 Å². The molecule has 0 fully saturated rings. The van der Waals surface area contributed by atoms with Crippen molar-refractivity contribution in [2.75, 3.05) is 0 Å². The predicted octanol–water partition coefficient (Wildman–Crippen LogP) is 6.18. The van der Waals surface area contributed by atoms with Gasteiger partial charge in [-0.25, -0.2) is 0 Å². The average Bonchev–Trinajstić information content (AvgIpc) is 3.15. The van der Waals surface area contributed by atoms with Crippen LogP contribution in [0.25, 0.3) is 54.6 Å². The van der Waals surface area contributed by atoms with E-state index in [-0.39, 0.29) is 6.61 Å². The largest absolute Gasteiger partial charge is 0.392 e. The molecule has 0 bridgehead atoms. The summed E-state index contributed by atoms with van der Waals surface area (Å²) in [6, 6.07) is 27.3. The van der Waals surface area contributed by atoms with Crippen molar-refractivity contribution in [3.8, 4) is 11.3 Å². The number of fused-ring (bicyclic) bond motifs is 5. The van der Waals surface area contributed by atoms with Crippen molar-refractivity contribution < 1.29 is 5.11 Å². The van der Waals surface area contributed by atoms with Crippen LogP contribution in [0.4, 0.5) is 0 Å². The van der Waals surface area contributed by atoms with Crippen LogP contribution in [0.15, 0.2) is 85.1 Å². The Hall–Kier alpha value is -3.69. The van der Waals surface area contributed by atoms with Gasteiger partial charge in [0, 0.05) is 28.0 Å². The Kier molecular flexibility index (Phi) is 3.46. The van der Waals surface area contributed by atoms with Gasteiger partial charge in [-0.2, -0.15) is 0 Å². The van der Waals surface area contributed by atoms with Crippen molar-refractivity contribution in [2.45, 2.75) is 6.61 Å². The van der Waals surface area contributed by atoms with E-state index < -0.39 is 0 Å². The van der Waals surface area contributed by atoms with Gasteiger partial charge in [0.15, 0.2) is 0 Å². The normalized spacial score (nSPS) is 11.8. The fraction of sp³-hybridized carbons (Fsp3) is 0.0385. The van der Waals surface area contributed by atoms with Crippen molar-refractivity contribution in [3.05, 3.63) is 90.6 Å². The van der Waals surface area contributed by atoms with Crippen LogP contribution in [-0.2, 0) is 6.61 Å². The Morgan fingerprint density at radius 3 is 2.17 bits per heavy atom. The highest BCUT2D eigenvalue weighted by Gasteiger charge is 2.16. The molecule has 0 amide bonds. The van der Waals surface area contributed by atoms with E-state index in [2.05, 4.69) is 71.7 Å². The van der Waals surface area contributed by atoms with Crippen molar-refractivity contribution in [1.82, 2.24) is 9.97 Å². The summed E-state index contributed by atoms with van der Waals surface area (Å²) in [5, 5.41) is 16.6. The Morgan fingerprint density at radius 1 is 0.724 bits per heavy atom. The minimum Gasteiger partial charge on any atom is -0.392 e. The molecule has 138 valence electrons. The third-order valence-electron chi connectivity index (χ3n) is 5.78. The highest BCUT2D eigenvalue weighted by atomic mass is 16.3. The molecule has 0 saturated heterocycles. The van der Waals surface area contributed by atoms with Crippen LogP contribution in [-0.4, -0.2) is 15.1 Å². The molecule has 6 aromatic rings. The van der Waals surface area contributed by atoms with Crippen LogP contribution in [0.1, 0.15) is 5.56 Å². The molecule has 0 saturated carbocycles. The maximum atomic E-state index is 9.52. The van der Waals surface area contributed by atoms with Crippen molar-refractivity contribution in [2.24, 2.45) is 0 Å². The lowest BCUT2D eigenvalue weighted by atomic mass is 9.94. The summed E-state index contributed by atoms with van der Waals surface area (Å²) >= 11 is 0. The summed E-state index contributed by atoms with van der Waals surface area (Å²) in [5.74, 6) is 0. The van der Waals surface area contributed by atoms with Crippen LogP contribution in [0, 0.1) is 0 Å². The molecule has 3 nitrogen and oxygen atoms in total. The summed E-state index contributed by atoms with van der Waals surface area (Å²) < 4.78 is 0. The molecule has 0 spiro atoms. The first-order valence-electron chi connectivity index (χ1n) is 9.74. The number of aliphatic hydroxyl groups excluding tert-OH is 1. The first-order chi connectivity index (χ1) is 14.3. The second-order valence-corrected chi connectivity index (χ2v) is 7.44. The maximum absolute atomic E-state index is 9.52. The molecule has 0 aliphatic carbocycles. The summed E-state index contributed by atoms with van der Waals surface area (Å²) in [4.78, 5) is 8.41. The number of nitrogens with one attached hydrogen (secondary N) is 1. The van der Waals surface area contributed by atoms with Crippen LogP contribution < -0.4 is 0 Å². The van der Waals surface area contributed by atoms with Gasteiger partial charge in [0.2, 0.25) is 0 Å². The van der Waals surface area contributed by atoms with E-state index >= 15 is 0 Å². The minimum atomic E-state index is 0.0321. The Morgan fingerprint density at radius 2 is 1.45 bits per heavy atom. The molecule has 2 heterocycles. The number of hydrogen-bond acceptors (Lipinski definition) is 2. The maximum Gasteiger partial charge on any atom is 0.0955 e. The molecule has 29 heavy (non-hydrogen) atoms. The van der Waals surface area contributed by atoms with E-state index in [0.29, 0.717) is 0 Å². The number of rotatable bonds is 2. The molecule has 0 aliphatic heterocycles. The quantitative estimate of drug-likeness (QED) is 0.355. The van der Waals surface area contributed by atoms with E-state index in [4.69, 9.17) is 4.98 Å². The minimum absolute atomic E-state index is 0.0321. The summed E-state index contributed by atoms with van der Waals surface area (Å²) in [6.45, 7) is 0.0321. The third-order valence-corrected chi connectivity index (χ3v) is 5.78. The van der Waals surface area contributed by atoms with E-state index in [1.54, 1.807) is 0 Å². The second kappa shape index (κ2) is 6.16. The molecule has 4 aromatic carbocycles.